The van der Waals surface area contributed by atoms with Crippen LogP contribution in [-0.2, 0) is 11.8 Å². The highest BCUT2D eigenvalue weighted by Gasteiger charge is 2.03. The number of rotatable bonds is 1. The highest BCUT2D eigenvalue weighted by atomic mass is 32.1. The Morgan fingerprint density at radius 2 is 2.33 bits per heavy atom. The second-order valence-electron chi connectivity index (χ2n) is 2.36. The van der Waals surface area contributed by atoms with Crippen LogP contribution in [0.25, 0.3) is 0 Å². The van der Waals surface area contributed by atoms with Gasteiger partial charge in [0.2, 0.25) is 0 Å². The minimum atomic E-state index is -0.360. The molecule has 1 heterocycles. The van der Waals surface area contributed by atoms with E-state index in [0.717, 1.165) is 0 Å². The summed E-state index contributed by atoms with van der Waals surface area (Å²) in [5.41, 5.74) is 0.487. The van der Waals surface area contributed by atoms with Gasteiger partial charge in [0.1, 0.15) is 4.64 Å². The van der Waals surface area contributed by atoms with Crippen LogP contribution in [0.1, 0.15) is 10.4 Å². The molecule has 0 unspecified atom stereocenters. The van der Waals surface area contributed by atoms with E-state index in [0.29, 0.717) is 10.2 Å². The molecule has 3 nitrogen and oxygen atoms in total. The Morgan fingerprint density at radius 1 is 1.67 bits per heavy atom. The predicted octanol–water partition coefficient (Wildman–Crippen LogP) is 1.54. The number of ether oxygens (including phenoxy) is 1. The number of carbonyl (C=O) groups excluding carboxylic acids is 1. The molecule has 0 bridgehead atoms. The Morgan fingerprint density at radius 3 is 2.83 bits per heavy atom. The summed E-state index contributed by atoms with van der Waals surface area (Å²) in [6.07, 6.45) is 1.73. The molecule has 0 N–H and O–H groups in total. The summed E-state index contributed by atoms with van der Waals surface area (Å²) < 4.78 is 6.90. The lowest BCUT2D eigenvalue weighted by Gasteiger charge is -2.00. The molecule has 0 fully saturated rings. The fourth-order valence-electron chi connectivity index (χ4n) is 0.793. The largest absolute Gasteiger partial charge is 0.465 e. The van der Waals surface area contributed by atoms with Gasteiger partial charge < -0.3 is 9.30 Å². The van der Waals surface area contributed by atoms with Crippen molar-refractivity contribution in [1.82, 2.24) is 4.57 Å². The molecule has 0 saturated carbocycles. The lowest BCUT2D eigenvalue weighted by atomic mass is 10.3. The number of aromatic nitrogens is 1. The molecule has 64 valence electrons. The topological polar surface area (TPSA) is 31.2 Å². The lowest BCUT2D eigenvalue weighted by molar-refractivity contribution is 0.0600. The third-order valence-corrected chi connectivity index (χ3v) is 1.93. The zero-order valence-electron chi connectivity index (χ0n) is 6.90. The van der Waals surface area contributed by atoms with E-state index < -0.39 is 0 Å². The van der Waals surface area contributed by atoms with Crippen LogP contribution in [0.4, 0.5) is 0 Å². The standard InChI is InChI=1S/C8H9NO2S/c1-9-4-3-6(5-7(9)12)8(10)11-2/h3-5H,1-2H3. The van der Waals surface area contributed by atoms with Crippen molar-refractivity contribution < 1.29 is 9.53 Å². The minimum absolute atomic E-state index is 0.360. The maximum Gasteiger partial charge on any atom is 0.338 e. The summed E-state index contributed by atoms with van der Waals surface area (Å²) in [6.45, 7) is 0. The van der Waals surface area contributed by atoms with Crippen molar-refractivity contribution in [2.75, 3.05) is 7.11 Å². The first-order chi connectivity index (χ1) is 5.65. The fourth-order valence-corrected chi connectivity index (χ4v) is 0.981. The molecule has 0 spiro atoms. The highest BCUT2D eigenvalue weighted by Crippen LogP contribution is 2.01. The Bertz CT molecular complexity index is 356. The van der Waals surface area contributed by atoms with E-state index in [2.05, 4.69) is 4.74 Å². The normalized spacial score (nSPS) is 9.50. The van der Waals surface area contributed by atoms with Crippen LogP contribution in [0.15, 0.2) is 18.3 Å². The Kier molecular flexibility index (Phi) is 2.60. The van der Waals surface area contributed by atoms with Crippen molar-refractivity contribution in [1.29, 1.82) is 0 Å². The van der Waals surface area contributed by atoms with Crippen molar-refractivity contribution in [2.45, 2.75) is 0 Å². The molecule has 0 amide bonds. The maximum atomic E-state index is 11.0. The SMILES string of the molecule is COC(=O)c1ccn(C)c(=S)c1. The third-order valence-electron chi connectivity index (χ3n) is 1.53. The lowest BCUT2D eigenvalue weighted by Crippen LogP contribution is -2.03. The average Bonchev–Trinajstić information content (AvgIpc) is 2.08. The van der Waals surface area contributed by atoms with Crippen LogP contribution >= 0.6 is 12.2 Å². The quantitative estimate of drug-likeness (QED) is 0.489. The minimum Gasteiger partial charge on any atom is -0.465 e. The van der Waals surface area contributed by atoms with E-state index in [1.807, 2.05) is 7.05 Å². The van der Waals surface area contributed by atoms with Gasteiger partial charge in [-0.3, -0.25) is 0 Å². The summed E-state index contributed by atoms with van der Waals surface area (Å²) in [6, 6.07) is 3.28. The summed E-state index contributed by atoms with van der Waals surface area (Å²) in [5.74, 6) is -0.360. The summed E-state index contributed by atoms with van der Waals surface area (Å²) in [5, 5.41) is 0. The molecule has 4 heteroatoms. The monoisotopic (exact) mass is 183 g/mol. The number of hydrogen-bond acceptors (Lipinski definition) is 3. The van der Waals surface area contributed by atoms with Gasteiger partial charge in [0.15, 0.2) is 0 Å². The van der Waals surface area contributed by atoms with Crippen molar-refractivity contribution in [3.05, 3.63) is 28.5 Å². The van der Waals surface area contributed by atoms with E-state index in [9.17, 15) is 4.79 Å². The molecule has 12 heavy (non-hydrogen) atoms. The van der Waals surface area contributed by atoms with Crippen molar-refractivity contribution in [2.24, 2.45) is 7.05 Å². The van der Waals surface area contributed by atoms with Gasteiger partial charge >= 0.3 is 5.97 Å². The van der Waals surface area contributed by atoms with Crippen LogP contribution in [0, 0.1) is 4.64 Å². The average molecular weight is 183 g/mol. The second-order valence-corrected chi connectivity index (χ2v) is 2.77. The molecule has 0 aromatic carbocycles. The molecule has 1 rings (SSSR count). The Labute approximate surface area is 75.6 Å². The molecule has 1 aromatic rings. The molecule has 0 radical (unpaired) electrons. The second kappa shape index (κ2) is 3.49. The van der Waals surface area contributed by atoms with Crippen LogP contribution in [0.2, 0.25) is 0 Å². The van der Waals surface area contributed by atoms with Crippen LogP contribution in [0.3, 0.4) is 0 Å². The molecular formula is C8H9NO2S. The van der Waals surface area contributed by atoms with E-state index >= 15 is 0 Å². The highest BCUT2D eigenvalue weighted by molar-refractivity contribution is 7.71. The van der Waals surface area contributed by atoms with Gasteiger partial charge in [0, 0.05) is 13.2 Å². The summed E-state index contributed by atoms with van der Waals surface area (Å²) >= 11 is 4.96. The zero-order valence-corrected chi connectivity index (χ0v) is 7.72. The zero-order chi connectivity index (χ0) is 9.14. The van der Waals surface area contributed by atoms with Crippen molar-refractivity contribution >= 4 is 18.2 Å². The van der Waals surface area contributed by atoms with E-state index in [4.69, 9.17) is 12.2 Å². The molecule has 0 aliphatic heterocycles. The first-order valence-electron chi connectivity index (χ1n) is 3.40. The molecule has 0 atom stereocenters. The molecule has 0 aliphatic carbocycles. The summed E-state index contributed by atoms with van der Waals surface area (Å²) in [7, 11) is 3.17. The van der Waals surface area contributed by atoms with E-state index in [1.54, 1.807) is 22.9 Å². The maximum absolute atomic E-state index is 11.0. The van der Waals surface area contributed by atoms with Crippen molar-refractivity contribution in [3.8, 4) is 0 Å². The van der Waals surface area contributed by atoms with E-state index in [1.165, 1.54) is 7.11 Å². The molecule has 0 aliphatic rings. The van der Waals surface area contributed by atoms with Gasteiger partial charge in [-0.2, -0.15) is 0 Å². The number of esters is 1. The van der Waals surface area contributed by atoms with Crippen LogP contribution in [0.5, 0.6) is 0 Å². The Hall–Kier alpha value is -1.16. The number of methoxy groups -OCH3 is 1. The van der Waals surface area contributed by atoms with Gasteiger partial charge in [-0.1, -0.05) is 12.2 Å². The van der Waals surface area contributed by atoms with Gasteiger partial charge in [-0.05, 0) is 12.1 Å². The molecular weight excluding hydrogens is 174 g/mol. The number of nitrogens with zero attached hydrogens (tertiary/aromatic N) is 1. The predicted molar refractivity (Wildman–Crippen MR) is 47.6 cm³/mol. The van der Waals surface area contributed by atoms with E-state index in [-0.39, 0.29) is 5.97 Å². The number of pyridine rings is 1. The third kappa shape index (κ3) is 1.71. The van der Waals surface area contributed by atoms with Crippen molar-refractivity contribution in [3.63, 3.8) is 0 Å². The van der Waals surface area contributed by atoms with Gasteiger partial charge in [0.05, 0.1) is 12.7 Å². The van der Waals surface area contributed by atoms with Crippen LogP contribution in [-0.4, -0.2) is 17.6 Å². The summed E-state index contributed by atoms with van der Waals surface area (Å²) in [4.78, 5) is 11.0. The van der Waals surface area contributed by atoms with Gasteiger partial charge in [0.25, 0.3) is 0 Å². The van der Waals surface area contributed by atoms with Crippen LogP contribution < -0.4 is 0 Å². The molecule has 1 aromatic heterocycles. The van der Waals surface area contributed by atoms with Gasteiger partial charge in [-0.15, -0.1) is 0 Å². The smallest absolute Gasteiger partial charge is 0.338 e. The van der Waals surface area contributed by atoms with Gasteiger partial charge in [-0.25, -0.2) is 4.79 Å². The number of hydrogen-bond donors (Lipinski definition) is 0. The Balaban J connectivity index is 3.13. The number of carbonyl (C=O) groups is 1. The first-order valence-corrected chi connectivity index (χ1v) is 3.81. The fraction of sp³-hybridized carbons (Fsp3) is 0.250. The molecule has 0 saturated heterocycles. The first kappa shape index (κ1) is 8.93. The number of aryl methyl sites for hydroxylation is 1.